The smallest absolute Gasteiger partial charge is 0.270 e. The van der Waals surface area contributed by atoms with Gasteiger partial charge in [0, 0.05) is 23.9 Å². The molecule has 19 heavy (non-hydrogen) atoms. The van der Waals surface area contributed by atoms with E-state index in [0.29, 0.717) is 6.42 Å². The summed E-state index contributed by atoms with van der Waals surface area (Å²) in [4.78, 5) is 16.8. The Morgan fingerprint density at radius 1 is 1.37 bits per heavy atom. The van der Waals surface area contributed by atoms with Gasteiger partial charge in [-0.15, -0.1) is 0 Å². The topological polar surface area (TPSA) is 62.7 Å². The third kappa shape index (κ3) is 1.85. The molecule has 100 valence electrons. The fourth-order valence-corrected chi connectivity index (χ4v) is 2.45. The third-order valence-corrected chi connectivity index (χ3v) is 3.40. The van der Waals surface area contributed by atoms with Crippen LogP contribution in [0.1, 0.15) is 26.3 Å². The number of nitrogens with zero attached hydrogens (tertiary/aromatic N) is 2. The van der Waals surface area contributed by atoms with Crippen LogP contribution in [0.15, 0.2) is 23.1 Å². The van der Waals surface area contributed by atoms with E-state index in [4.69, 9.17) is 0 Å². The Hall–Kier alpha value is -2.04. The molecular weight excluding hydrogens is 240 g/mol. The van der Waals surface area contributed by atoms with Crippen LogP contribution in [-0.4, -0.2) is 21.3 Å². The van der Waals surface area contributed by atoms with Crippen molar-refractivity contribution in [2.75, 3.05) is 11.9 Å². The molecule has 0 aromatic carbocycles. The SMILES string of the molecule is CC(C)(C)n1[nH]c2c(c1=O)CCNc1ncccc1-2. The number of rotatable bonds is 0. The lowest BCUT2D eigenvalue weighted by atomic mass is 10.1. The van der Waals surface area contributed by atoms with Crippen LogP contribution < -0.4 is 10.9 Å². The highest BCUT2D eigenvalue weighted by Gasteiger charge is 2.25. The van der Waals surface area contributed by atoms with E-state index in [0.717, 1.165) is 29.2 Å². The van der Waals surface area contributed by atoms with Crippen molar-refractivity contribution in [2.45, 2.75) is 32.7 Å². The average molecular weight is 258 g/mol. The van der Waals surface area contributed by atoms with Crippen LogP contribution in [0, 0.1) is 0 Å². The lowest BCUT2D eigenvalue weighted by molar-refractivity contribution is 0.346. The predicted octanol–water partition coefficient (Wildman–Crippen LogP) is 1.96. The predicted molar refractivity (Wildman–Crippen MR) is 75.5 cm³/mol. The average Bonchev–Trinajstić information content (AvgIpc) is 2.58. The zero-order chi connectivity index (χ0) is 13.6. The van der Waals surface area contributed by atoms with Gasteiger partial charge < -0.3 is 5.32 Å². The summed E-state index contributed by atoms with van der Waals surface area (Å²) in [5.41, 5.74) is 2.53. The summed E-state index contributed by atoms with van der Waals surface area (Å²) in [6.07, 6.45) is 2.47. The minimum Gasteiger partial charge on any atom is -0.369 e. The van der Waals surface area contributed by atoms with Gasteiger partial charge in [-0.2, -0.15) is 0 Å². The van der Waals surface area contributed by atoms with Crippen LogP contribution in [0.5, 0.6) is 0 Å². The summed E-state index contributed by atoms with van der Waals surface area (Å²) < 4.78 is 1.71. The van der Waals surface area contributed by atoms with Crippen molar-refractivity contribution in [1.29, 1.82) is 0 Å². The van der Waals surface area contributed by atoms with Gasteiger partial charge in [-0.25, -0.2) is 9.67 Å². The molecule has 0 fully saturated rings. The number of nitrogens with one attached hydrogen (secondary N) is 2. The molecule has 0 amide bonds. The van der Waals surface area contributed by atoms with Crippen LogP contribution in [0.4, 0.5) is 5.82 Å². The van der Waals surface area contributed by atoms with Crippen molar-refractivity contribution in [3.63, 3.8) is 0 Å². The Morgan fingerprint density at radius 3 is 2.89 bits per heavy atom. The number of hydrogen-bond donors (Lipinski definition) is 2. The molecule has 0 unspecified atom stereocenters. The highest BCUT2D eigenvalue weighted by molar-refractivity contribution is 5.75. The second kappa shape index (κ2) is 3.98. The van der Waals surface area contributed by atoms with Crippen LogP contribution in [0.2, 0.25) is 0 Å². The van der Waals surface area contributed by atoms with Gasteiger partial charge in [-0.05, 0) is 39.3 Å². The van der Waals surface area contributed by atoms with E-state index >= 15 is 0 Å². The number of H-pyrrole nitrogens is 1. The highest BCUT2D eigenvalue weighted by Crippen LogP contribution is 2.29. The Balaban J connectivity index is 2.28. The normalized spacial score (nSPS) is 14.3. The summed E-state index contributed by atoms with van der Waals surface area (Å²) in [5, 5.41) is 6.53. The molecular formula is C14H18N4O. The molecule has 0 saturated carbocycles. The van der Waals surface area contributed by atoms with Gasteiger partial charge in [0.05, 0.1) is 11.2 Å². The van der Waals surface area contributed by atoms with E-state index in [9.17, 15) is 4.79 Å². The monoisotopic (exact) mass is 258 g/mol. The lowest BCUT2D eigenvalue weighted by Gasteiger charge is -2.19. The maximum atomic E-state index is 12.5. The minimum atomic E-state index is -0.251. The van der Waals surface area contributed by atoms with Gasteiger partial charge in [0.15, 0.2) is 0 Å². The fourth-order valence-electron chi connectivity index (χ4n) is 2.45. The summed E-state index contributed by atoms with van der Waals surface area (Å²) in [5.74, 6) is 0.837. The maximum Gasteiger partial charge on any atom is 0.270 e. The van der Waals surface area contributed by atoms with Crippen molar-refractivity contribution >= 4 is 5.82 Å². The first-order valence-corrected chi connectivity index (χ1v) is 6.52. The van der Waals surface area contributed by atoms with Gasteiger partial charge in [-0.1, -0.05) is 0 Å². The standard InChI is InChI=1S/C14H18N4O/c1-14(2,3)18-13(19)10-6-8-16-12-9(11(10)17-18)5-4-7-15-12/h4-5,7,17H,6,8H2,1-3H3,(H,15,16). The number of aromatic nitrogens is 3. The molecule has 0 aliphatic carbocycles. The third-order valence-electron chi connectivity index (χ3n) is 3.40. The second-order valence-electron chi connectivity index (χ2n) is 5.85. The molecule has 0 spiro atoms. The molecule has 2 N–H and O–H groups in total. The van der Waals surface area contributed by atoms with E-state index in [-0.39, 0.29) is 11.1 Å². The molecule has 5 nitrogen and oxygen atoms in total. The molecule has 3 rings (SSSR count). The highest BCUT2D eigenvalue weighted by atomic mass is 16.1. The van der Waals surface area contributed by atoms with Gasteiger partial charge in [0.2, 0.25) is 0 Å². The first kappa shape index (κ1) is 12.0. The van der Waals surface area contributed by atoms with E-state index in [1.165, 1.54) is 0 Å². The zero-order valence-corrected chi connectivity index (χ0v) is 11.4. The zero-order valence-electron chi connectivity index (χ0n) is 11.4. The van der Waals surface area contributed by atoms with Crippen molar-refractivity contribution in [2.24, 2.45) is 0 Å². The molecule has 0 radical (unpaired) electrons. The molecule has 0 saturated heterocycles. The molecule has 0 bridgehead atoms. The van der Waals surface area contributed by atoms with Crippen molar-refractivity contribution in [3.8, 4) is 11.3 Å². The number of pyridine rings is 1. The van der Waals surface area contributed by atoms with Gasteiger partial charge in [0.25, 0.3) is 5.56 Å². The van der Waals surface area contributed by atoms with Gasteiger partial charge >= 0.3 is 0 Å². The van der Waals surface area contributed by atoms with Crippen LogP contribution in [-0.2, 0) is 12.0 Å². The molecule has 1 aliphatic heterocycles. The summed E-state index contributed by atoms with van der Waals surface area (Å²) in [6.45, 7) is 6.79. The molecule has 0 atom stereocenters. The largest absolute Gasteiger partial charge is 0.369 e. The van der Waals surface area contributed by atoms with Gasteiger partial charge in [-0.3, -0.25) is 9.89 Å². The number of aromatic amines is 1. The Bertz CT molecular complexity index is 675. The maximum absolute atomic E-state index is 12.5. The van der Waals surface area contributed by atoms with Crippen molar-refractivity contribution < 1.29 is 0 Å². The molecule has 2 aromatic heterocycles. The van der Waals surface area contributed by atoms with Crippen molar-refractivity contribution in [1.82, 2.24) is 14.8 Å². The van der Waals surface area contributed by atoms with E-state index in [1.807, 2.05) is 32.9 Å². The van der Waals surface area contributed by atoms with Crippen LogP contribution in [0.25, 0.3) is 11.3 Å². The van der Waals surface area contributed by atoms with Crippen LogP contribution in [0.3, 0.4) is 0 Å². The fraction of sp³-hybridized carbons (Fsp3) is 0.429. The first-order chi connectivity index (χ1) is 8.98. The number of hydrogen-bond acceptors (Lipinski definition) is 3. The molecule has 5 heteroatoms. The second-order valence-corrected chi connectivity index (χ2v) is 5.85. The Morgan fingerprint density at radius 2 is 2.16 bits per heavy atom. The lowest BCUT2D eigenvalue weighted by Crippen LogP contribution is -2.33. The van der Waals surface area contributed by atoms with Gasteiger partial charge in [0.1, 0.15) is 5.82 Å². The molecule has 3 heterocycles. The minimum absolute atomic E-state index is 0.0704. The van der Waals surface area contributed by atoms with Crippen molar-refractivity contribution in [3.05, 3.63) is 34.2 Å². The van der Waals surface area contributed by atoms with Crippen LogP contribution >= 0.6 is 0 Å². The van der Waals surface area contributed by atoms with E-state index < -0.39 is 0 Å². The number of anilines is 1. The summed E-state index contributed by atoms with van der Waals surface area (Å²) in [6, 6.07) is 3.88. The Labute approximate surface area is 111 Å². The molecule has 1 aliphatic rings. The Kier molecular flexibility index (Phi) is 2.52. The summed E-state index contributed by atoms with van der Waals surface area (Å²) in [7, 11) is 0. The quantitative estimate of drug-likeness (QED) is 0.759. The number of fused-ring (bicyclic) bond motifs is 3. The molecule has 2 aromatic rings. The van der Waals surface area contributed by atoms with E-state index in [1.54, 1.807) is 10.9 Å². The van der Waals surface area contributed by atoms with E-state index in [2.05, 4.69) is 15.4 Å². The summed E-state index contributed by atoms with van der Waals surface area (Å²) >= 11 is 0. The first-order valence-electron chi connectivity index (χ1n) is 6.52.